The van der Waals surface area contributed by atoms with Gasteiger partial charge in [0.2, 0.25) is 10.0 Å². The third kappa shape index (κ3) is 4.85. The van der Waals surface area contributed by atoms with Gasteiger partial charge in [0.25, 0.3) is 5.91 Å². The highest BCUT2D eigenvalue weighted by Gasteiger charge is 2.27. The van der Waals surface area contributed by atoms with Crippen molar-refractivity contribution >= 4 is 25.8 Å². The molecular weight excluding hydrogens is 412 g/mol. The number of amides is 1. The molecule has 1 saturated heterocycles. The number of rotatable bonds is 6. The number of benzene rings is 2. The molecule has 0 spiro atoms. The Morgan fingerprint density at radius 3 is 1.93 bits per heavy atom. The van der Waals surface area contributed by atoms with Gasteiger partial charge in [-0.15, -0.1) is 0 Å². The summed E-state index contributed by atoms with van der Waals surface area (Å²) in [5.74, 6) is -0.338. The van der Waals surface area contributed by atoms with Crippen molar-refractivity contribution in [1.29, 1.82) is 0 Å². The van der Waals surface area contributed by atoms with Gasteiger partial charge in [-0.1, -0.05) is 12.1 Å². The zero-order valence-electron chi connectivity index (χ0n) is 16.3. The van der Waals surface area contributed by atoms with Gasteiger partial charge in [0.05, 0.1) is 15.8 Å². The van der Waals surface area contributed by atoms with Crippen LogP contribution in [0.3, 0.4) is 0 Å². The van der Waals surface area contributed by atoms with Gasteiger partial charge >= 0.3 is 0 Å². The maximum atomic E-state index is 12.6. The summed E-state index contributed by atoms with van der Waals surface area (Å²) in [6, 6.07) is 11.9. The summed E-state index contributed by atoms with van der Waals surface area (Å²) in [6.45, 7) is 2.85. The average Bonchev–Trinajstić information content (AvgIpc) is 3.23. The van der Waals surface area contributed by atoms with Gasteiger partial charge in [-0.05, 0) is 61.7 Å². The van der Waals surface area contributed by atoms with Crippen molar-refractivity contribution in [2.24, 2.45) is 0 Å². The molecule has 0 radical (unpaired) electrons. The molecule has 2 aromatic rings. The van der Waals surface area contributed by atoms with Crippen LogP contribution in [0.5, 0.6) is 0 Å². The minimum Gasteiger partial charge on any atom is -0.346 e. The Labute approximate surface area is 171 Å². The summed E-state index contributed by atoms with van der Waals surface area (Å²) in [4.78, 5) is 12.9. The molecule has 29 heavy (non-hydrogen) atoms. The molecule has 1 heterocycles. The van der Waals surface area contributed by atoms with Crippen LogP contribution < -0.4 is 5.32 Å². The number of nitrogens with one attached hydrogen (secondary N) is 1. The molecule has 0 aliphatic carbocycles. The zero-order chi connectivity index (χ0) is 21.2. The van der Waals surface area contributed by atoms with Crippen LogP contribution in [0.1, 0.15) is 41.7 Å². The van der Waals surface area contributed by atoms with Crippen molar-refractivity contribution in [3.63, 3.8) is 0 Å². The van der Waals surface area contributed by atoms with Gasteiger partial charge in [-0.25, -0.2) is 16.8 Å². The van der Waals surface area contributed by atoms with E-state index in [0.29, 0.717) is 18.7 Å². The van der Waals surface area contributed by atoms with Crippen LogP contribution >= 0.6 is 0 Å². The molecule has 7 nitrogen and oxygen atoms in total. The van der Waals surface area contributed by atoms with Crippen LogP contribution in [0.25, 0.3) is 0 Å². The van der Waals surface area contributed by atoms with Gasteiger partial charge in [0.1, 0.15) is 0 Å². The molecule has 1 amide bonds. The first-order chi connectivity index (χ1) is 13.6. The molecule has 156 valence electrons. The molecule has 2 aromatic carbocycles. The fourth-order valence-corrected chi connectivity index (χ4v) is 5.37. The highest BCUT2D eigenvalue weighted by molar-refractivity contribution is 7.90. The Kier molecular flexibility index (Phi) is 6.11. The van der Waals surface area contributed by atoms with E-state index in [4.69, 9.17) is 0 Å². The predicted octanol–water partition coefficient (Wildman–Crippen LogP) is 2.37. The summed E-state index contributed by atoms with van der Waals surface area (Å²) < 4.78 is 49.7. The van der Waals surface area contributed by atoms with E-state index in [1.807, 2.05) is 0 Å². The van der Waals surface area contributed by atoms with Crippen molar-refractivity contribution in [2.45, 2.75) is 35.6 Å². The van der Waals surface area contributed by atoms with Gasteiger partial charge in [0, 0.05) is 24.9 Å². The van der Waals surface area contributed by atoms with Crippen LogP contribution in [-0.4, -0.2) is 46.4 Å². The van der Waals surface area contributed by atoms with Crippen LogP contribution in [0.4, 0.5) is 0 Å². The van der Waals surface area contributed by atoms with Crippen LogP contribution in [0.15, 0.2) is 58.3 Å². The first kappa shape index (κ1) is 21.5. The van der Waals surface area contributed by atoms with Gasteiger partial charge in [-0.3, -0.25) is 4.79 Å². The predicted molar refractivity (Wildman–Crippen MR) is 110 cm³/mol. The van der Waals surface area contributed by atoms with E-state index >= 15 is 0 Å². The minimum atomic E-state index is -3.51. The third-order valence-corrected chi connectivity index (χ3v) is 8.02. The second kappa shape index (κ2) is 8.25. The second-order valence-electron chi connectivity index (χ2n) is 7.17. The van der Waals surface area contributed by atoms with Gasteiger partial charge < -0.3 is 5.32 Å². The van der Waals surface area contributed by atoms with E-state index in [9.17, 15) is 21.6 Å². The highest BCUT2D eigenvalue weighted by atomic mass is 32.2. The van der Waals surface area contributed by atoms with Crippen molar-refractivity contribution < 1.29 is 21.6 Å². The molecule has 3 rings (SSSR count). The first-order valence-electron chi connectivity index (χ1n) is 9.30. The van der Waals surface area contributed by atoms with Crippen molar-refractivity contribution in [2.75, 3.05) is 19.3 Å². The largest absolute Gasteiger partial charge is 0.346 e. The average molecular weight is 437 g/mol. The maximum absolute atomic E-state index is 12.6. The van der Waals surface area contributed by atoms with E-state index in [-0.39, 0.29) is 21.7 Å². The van der Waals surface area contributed by atoms with Crippen molar-refractivity contribution in [1.82, 2.24) is 9.62 Å². The fourth-order valence-electron chi connectivity index (χ4n) is 3.22. The lowest BCUT2D eigenvalue weighted by atomic mass is 10.1. The summed E-state index contributed by atoms with van der Waals surface area (Å²) in [5, 5.41) is 2.84. The Hall–Kier alpha value is -2.23. The second-order valence-corrected chi connectivity index (χ2v) is 11.1. The van der Waals surface area contributed by atoms with Crippen LogP contribution in [0.2, 0.25) is 0 Å². The number of nitrogens with zero attached hydrogens (tertiary/aromatic N) is 1. The number of carbonyl (C=O) groups is 1. The highest BCUT2D eigenvalue weighted by Crippen LogP contribution is 2.22. The molecule has 1 fully saturated rings. The summed E-state index contributed by atoms with van der Waals surface area (Å²) >= 11 is 0. The lowest BCUT2D eigenvalue weighted by Crippen LogP contribution is -2.28. The Morgan fingerprint density at radius 2 is 1.41 bits per heavy atom. The monoisotopic (exact) mass is 436 g/mol. The third-order valence-electron chi connectivity index (χ3n) is 4.98. The Bertz CT molecular complexity index is 1090. The van der Waals surface area contributed by atoms with Crippen molar-refractivity contribution in [3.8, 4) is 0 Å². The number of hydrogen-bond acceptors (Lipinski definition) is 5. The van der Waals surface area contributed by atoms with Gasteiger partial charge in [0.15, 0.2) is 9.84 Å². The molecule has 1 unspecified atom stereocenters. The topological polar surface area (TPSA) is 101 Å². The zero-order valence-corrected chi connectivity index (χ0v) is 18.0. The maximum Gasteiger partial charge on any atom is 0.251 e. The molecule has 0 saturated carbocycles. The van der Waals surface area contributed by atoms with E-state index in [2.05, 4.69) is 5.32 Å². The number of carbonyl (C=O) groups excluding carboxylic acids is 1. The molecule has 1 N–H and O–H groups in total. The summed E-state index contributed by atoms with van der Waals surface area (Å²) in [7, 11) is -6.78. The van der Waals surface area contributed by atoms with E-state index in [0.717, 1.165) is 24.7 Å². The SMILES string of the molecule is CC(NC(=O)c1ccc(S(=O)(=O)N2CCCC2)cc1)c1ccc(S(C)(=O)=O)cc1. The lowest BCUT2D eigenvalue weighted by Gasteiger charge is -2.17. The molecule has 1 atom stereocenters. The fraction of sp³-hybridized carbons (Fsp3) is 0.350. The quantitative estimate of drug-likeness (QED) is 0.749. The number of hydrogen-bond donors (Lipinski definition) is 1. The Morgan fingerprint density at radius 1 is 0.897 bits per heavy atom. The van der Waals surface area contributed by atoms with E-state index in [1.54, 1.807) is 19.1 Å². The minimum absolute atomic E-state index is 0.181. The smallest absolute Gasteiger partial charge is 0.251 e. The molecule has 1 aliphatic heterocycles. The van der Waals surface area contributed by atoms with Crippen LogP contribution in [0, 0.1) is 0 Å². The van der Waals surface area contributed by atoms with E-state index in [1.165, 1.54) is 40.7 Å². The first-order valence-corrected chi connectivity index (χ1v) is 12.6. The lowest BCUT2D eigenvalue weighted by molar-refractivity contribution is 0.0939. The van der Waals surface area contributed by atoms with Crippen LogP contribution in [-0.2, 0) is 19.9 Å². The van der Waals surface area contributed by atoms with E-state index < -0.39 is 19.9 Å². The summed E-state index contributed by atoms with van der Waals surface area (Å²) in [6.07, 6.45) is 2.87. The van der Waals surface area contributed by atoms with Gasteiger partial charge in [-0.2, -0.15) is 4.31 Å². The molecule has 0 aromatic heterocycles. The number of sulfone groups is 1. The molecular formula is C20H24N2O5S2. The summed E-state index contributed by atoms with van der Waals surface area (Å²) in [5.41, 5.74) is 1.11. The Balaban J connectivity index is 1.69. The number of sulfonamides is 1. The molecule has 9 heteroatoms. The normalized spacial score (nSPS) is 16.5. The molecule has 0 bridgehead atoms. The molecule has 1 aliphatic rings. The van der Waals surface area contributed by atoms with Crippen molar-refractivity contribution in [3.05, 3.63) is 59.7 Å². The standard InChI is InChI=1S/C20H24N2O5S2/c1-15(16-5-9-18(10-6-16)28(2,24)25)21-20(23)17-7-11-19(12-8-17)29(26,27)22-13-3-4-14-22/h5-12,15H,3-4,13-14H2,1-2H3,(H,21,23).